The van der Waals surface area contributed by atoms with Gasteiger partial charge >= 0.3 is 5.97 Å². The highest BCUT2D eigenvalue weighted by atomic mass is 16.7. The molecule has 0 saturated heterocycles. The van der Waals surface area contributed by atoms with Crippen LogP contribution in [0.25, 0.3) is 10.9 Å². The number of aromatic amines is 1. The zero-order valence-corrected chi connectivity index (χ0v) is 19.8. The molecule has 1 aromatic heterocycles. The van der Waals surface area contributed by atoms with Gasteiger partial charge in [-0.1, -0.05) is 26.8 Å². The van der Waals surface area contributed by atoms with Gasteiger partial charge in [0.1, 0.15) is 0 Å². The van der Waals surface area contributed by atoms with E-state index < -0.39 is 11.4 Å². The third kappa shape index (κ3) is 4.11. The van der Waals surface area contributed by atoms with Crippen LogP contribution in [0.5, 0.6) is 11.5 Å². The summed E-state index contributed by atoms with van der Waals surface area (Å²) in [7, 11) is 0. The van der Waals surface area contributed by atoms with Crippen molar-refractivity contribution in [3.8, 4) is 11.5 Å². The molecule has 0 bridgehead atoms. The summed E-state index contributed by atoms with van der Waals surface area (Å²) >= 11 is 0. The van der Waals surface area contributed by atoms with Gasteiger partial charge in [-0.2, -0.15) is 0 Å². The smallest absolute Gasteiger partial charge is 0.303 e. The summed E-state index contributed by atoms with van der Waals surface area (Å²) in [4.78, 5) is 28.0. The van der Waals surface area contributed by atoms with Crippen molar-refractivity contribution < 1.29 is 24.2 Å². The van der Waals surface area contributed by atoms with Gasteiger partial charge in [0, 0.05) is 34.1 Å². The molecule has 2 aliphatic rings. The number of carboxylic acid groups (broad SMARTS) is 1. The SMILES string of the molecule is CC(C)(C)c1cc2cc(NC(=O)C3(c4ccc5c(c4)OCO5)CC3)cc(CCCC(=O)O)c2[nH]1. The predicted molar refractivity (Wildman–Crippen MR) is 130 cm³/mol. The van der Waals surface area contributed by atoms with Gasteiger partial charge in [-0.15, -0.1) is 0 Å². The van der Waals surface area contributed by atoms with Crippen LogP contribution in [0.3, 0.4) is 0 Å². The van der Waals surface area contributed by atoms with Gasteiger partial charge in [0.05, 0.1) is 5.41 Å². The molecule has 1 amide bonds. The van der Waals surface area contributed by atoms with Crippen LogP contribution in [-0.4, -0.2) is 28.8 Å². The summed E-state index contributed by atoms with van der Waals surface area (Å²) in [5.74, 6) is 0.551. The Balaban J connectivity index is 1.44. The van der Waals surface area contributed by atoms with E-state index in [-0.39, 0.29) is 24.5 Å². The van der Waals surface area contributed by atoms with Crippen LogP contribution in [0.1, 0.15) is 63.3 Å². The van der Waals surface area contributed by atoms with Crippen molar-refractivity contribution in [1.82, 2.24) is 4.98 Å². The molecule has 1 fully saturated rings. The number of carbonyl (C=O) groups excluding carboxylic acids is 1. The van der Waals surface area contributed by atoms with Crippen LogP contribution in [0.2, 0.25) is 0 Å². The van der Waals surface area contributed by atoms with Crippen LogP contribution in [-0.2, 0) is 26.8 Å². The summed E-state index contributed by atoms with van der Waals surface area (Å²) in [5.41, 5.74) is 4.17. The van der Waals surface area contributed by atoms with Gasteiger partial charge in [0.25, 0.3) is 0 Å². The molecule has 3 aromatic rings. The number of ether oxygens (including phenoxy) is 2. The van der Waals surface area contributed by atoms with E-state index in [2.05, 4.69) is 37.1 Å². The number of carboxylic acids is 1. The average molecular weight is 463 g/mol. The molecule has 7 nitrogen and oxygen atoms in total. The highest BCUT2D eigenvalue weighted by Crippen LogP contribution is 2.51. The topological polar surface area (TPSA) is 101 Å². The summed E-state index contributed by atoms with van der Waals surface area (Å²) in [6.07, 6.45) is 2.82. The second-order valence-corrected chi connectivity index (χ2v) is 10.4. The Morgan fingerprint density at radius 2 is 1.85 bits per heavy atom. The molecule has 1 aliphatic heterocycles. The number of benzene rings is 2. The summed E-state index contributed by atoms with van der Waals surface area (Å²) in [6.45, 7) is 6.64. The maximum atomic E-state index is 13.4. The second-order valence-electron chi connectivity index (χ2n) is 10.4. The molecule has 0 unspecified atom stereocenters. The maximum Gasteiger partial charge on any atom is 0.303 e. The second kappa shape index (κ2) is 8.08. The maximum absolute atomic E-state index is 13.4. The Bertz CT molecular complexity index is 1280. The van der Waals surface area contributed by atoms with E-state index in [1.165, 1.54) is 0 Å². The van der Waals surface area contributed by atoms with E-state index >= 15 is 0 Å². The van der Waals surface area contributed by atoms with E-state index in [1.54, 1.807) is 0 Å². The lowest BCUT2D eigenvalue weighted by Crippen LogP contribution is -2.27. The van der Waals surface area contributed by atoms with Crippen LogP contribution in [0, 0.1) is 0 Å². The van der Waals surface area contributed by atoms with E-state index in [4.69, 9.17) is 14.6 Å². The summed E-state index contributed by atoms with van der Waals surface area (Å²) < 4.78 is 10.9. The van der Waals surface area contributed by atoms with Crippen molar-refractivity contribution in [3.05, 3.63) is 53.2 Å². The minimum absolute atomic E-state index is 0.0335. The number of amides is 1. The van der Waals surface area contributed by atoms with E-state index in [9.17, 15) is 9.59 Å². The number of hydrogen-bond donors (Lipinski definition) is 3. The zero-order chi connectivity index (χ0) is 24.1. The van der Waals surface area contributed by atoms with Crippen molar-refractivity contribution >= 4 is 28.5 Å². The first-order valence-electron chi connectivity index (χ1n) is 11.8. The fourth-order valence-electron chi connectivity index (χ4n) is 4.64. The van der Waals surface area contributed by atoms with Gasteiger partial charge in [-0.3, -0.25) is 9.59 Å². The third-order valence-corrected chi connectivity index (χ3v) is 6.82. The minimum atomic E-state index is -0.804. The first-order valence-corrected chi connectivity index (χ1v) is 11.8. The van der Waals surface area contributed by atoms with Crippen molar-refractivity contribution in [2.75, 3.05) is 12.1 Å². The quantitative estimate of drug-likeness (QED) is 0.444. The molecule has 2 aromatic carbocycles. The van der Waals surface area contributed by atoms with E-state index in [1.807, 2.05) is 30.3 Å². The molecule has 178 valence electrons. The lowest BCUT2D eigenvalue weighted by atomic mass is 9.92. The number of rotatable bonds is 7. The fraction of sp³-hybridized carbons (Fsp3) is 0.407. The van der Waals surface area contributed by atoms with Crippen molar-refractivity contribution in [2.24, 2.45) is 0 Å². The molecule has 34 heavy (non-hydrogen) atoms. The fourth-order valence-corrected chi connectivity index (χ4v) is 4.64. The monoisotopic (exact) mass is 462 g/mol. The Morgan fingerprint density at radius 1 is 1.09 bits per heavy atom. The molecule has 0 radical (unpaired) electrons. The van der Waals surface area contributed by atoms with Crippen LogP contribution in [0.15, 0.2) is 36.4 Å². The van der Waals surface area contributed by atoms with E-state index in [0.29, 0.717) is 24.3 Å². The highest BCUT2D eigenvalue weighted by molar-refractivity contribution is 6.03. The number of aryl methyl sites for hydroxylation is 1. The Kier molecular flexibility index (Phi) is 5.30. The lowest BCUT2D eigenvalue weighted by Gasteiger charge is -2.17. The molecular weight excluding hydrogens is 432 g/mol. The summed E-state index contributed by atoms with van der Waals surface area (Å²) in [5, 5.41) is 13.2. The first kappa shape index (κ1) is 22.3. The molecule has 3 N–H and O–H groups in total. The minimum Gasteiger partial charge on any atom is -0.481 e. The van der Waals surface area contributed by atoms with Gasteiger partial charge in [-0.05, 0) is 67.1 Å². The number of fused-ring (bicyclic) bond motifs is 2. The molecule has 1 aliphatic carbocycles. The summed E-state index contributed by atoms with van der Waals surface area (Å²) in [6, 6.07) is 11.8. The van der Waals surface area contributed by atoms with Crippen LogP contribution < -0.4 is 14.8 Å². The zero-order valence-electron chi connectivity index (χ0n) is 19.8. The number of aliphatic carboxylic acids is 1. The third-order valence-electron chi connectivity index (χ3n) is 6.82. The largest absolute Gasteiger partial charge is 0.481 e. The van der Waals surface area contributed by atoms with Gasteiger partial charge in [-0.25, -0.2) is 0 Å². The number of hydrogen-bond acceptors (Lipinski definition) is 4. The Labute approximate surface area is 198 Å². The van der Waals surface area contributed by atoms with Gasteiger partial charge in [0.15, 0.2) is 11.5 Å². The molecule has 1 saturated carbocycles. The number of nitrogens with one attached hydrogen (secondary N) is 2. The van der Waals surface area contributed by atoms with E-state index in [0.717, 1.165) is 46.3 Å². The van der Waals surface area contributed by atoms with Gasteiger partial charge < -0.3 is 24.9 Å². The Morgan fingerprint density at radius 3 is 2.56 bits per heavy atom. The van der Waals surface area contributed by atoms with Crippen LogP contribution in [0.4, 0.5) is 5.69 Å². The molecule has 2 heterocycles. The number of carbonyl (C=O) groups is 2. The average Bonchev–Trinajstić information content (AvgIpc) is 3.23. The Hall–Kier alpha value is -3.48. The van der Waals surface area contributed by atoms with Crippen LogP contribution >= 0.6 is 0 Å². The number of aromatic nitrogens is 1. The molecule has 0 atom stereocenters. The van der Waals surface area contributed by atoms with Gasteiger partial charge in [0.2, 0.25) is 12.7 Å². The standard InChI is InChI=1S/C27H30N2O5/c1-26(2,3)22-13-17-12-19(11-16(24(17)29-22)5-4-6-23(30)31)28-25(32)27(9-10-27)18-7-8-20-21(14-18)34-15-33-20/h7-8,11-14,29H,4-6,9-10,15H2,1-3H3,(H,28,32)(H,30,31). The number of H-pyrrole nitrogens is 1. The number of anilines is 1. The van der Waals surface area contributed by atoms with Crippen molar-refractivity contribution in [2.45, 2.75) is 63.7 Å². The predicted octanol–water partition coefficient (Wildman–Crippen LogP) is 5.27. The first-order chi connectivity index (χ1) is 16.2. The molecule has 7 heteroatoms. The normalized spacial score (nSPS) is 16.0. The molecule has 0 spiro atoms. The van der Waals surface area contributed by atoms with Crippen molar-refractivity contribution in [3.63, 3.8) is 0 Å². The van der Waals surface area contributed by atoms with Crippen molar-refractivity contribution in [1.29, 1.82) is 0 Å². The highest BCUT2D eigenvalue weighted by Gasteiger charge is 2.51. The molecule has 5 rings (SSSR count). The lowest BCUT2D eigenvalue weighted by molar-refractivity contribution is -0.137. The molecular formula is C27H30N2O5.